The molecule has 0 aromatic carbocycles. The molecule has 6 heteroatoms. The number of aryl methyl sites for hydroxylation is 1. The zero-order valence-corrected chi connectivity index (χ0v) is 9.88. The number of carboxylic acids is 1. The number of hydrogen-bond donors (Lipinski definition) is 2. The summed E-state index contributed by atoms with van der Waals surface area (Å²) in [6.45, 7) is 2.26. The number of aromatic nitrogens is 2. The average molecular weight is 247 g/mol. The number of rotatable bonds is 5. The van der Waals surface area contributed by atoms with Gasteiger partial charge >= 0.3 is 5.97 Å². The van der Waals surface area contributed by atoms with Crippen molar-refractivity contribution in [2.45, 2.75) is 13.3 Å². The summed E-state index contributed by atoms with van der Waals surface area (Å²) in [5.41, 5.74) is 0.0695. The second-order valence-electron chi connectivity index (χ2n) is 3.74. The van der Waals surface area contributed by atoms with Crippen molar-refractivity contribution in [1.29, 1.82) is 0 Å². The molecule has 0 radical (unpaired) electrons. The lowest BCUT2D eigenvalue weighted by molar-refractivity contribution is 0.0697. The van der Waals surface area contributed by atoms with Crippen LogP contribution in [0, 0.1) is 6.92 Å². The van der Waals surface area contributed by atoms with Crippen LogP contribution < -0.4 is 5.32 Å². The lowest BCUT2D eigenvalue weighted by Gasteiger charge is -2.07. The van der Waals surface area contributed by atoms with Crippen LogP contribution in [-0.4, -0.2) is 27.6 Å². The van der Waals surface area contributed by atoms with Crippen LogP contribution in [0.2, 0.25) is 0 Å². The molecule has 0 fully saturated rings. The Bertz CT molecular complexity index is 538. The van der Waals surface area contributed by atoms with Crippen molar-refractivity contribution in [3.05, 3.63) is 41.7 Å². The molecule has 0 amide bonds. The van der Waals surface area contributed by atoms with Gasteiger partial charge in [0.25, 0.3) is 0 Å². The second-order valence-corrected chi connectivity index (χ2v) is 3.74. The summed E-state index contributed by atoms with van der Waals surface area (Å²) in [6.07, 6.45) is 3.57. The SMILES string of the molecule is Cc1ncc(C(=O)O)c(NCCc2ccco2)n1. The maximum Gasteiger partial charge on any atom is 0.341 e. The van der Waals surface area contributed by atoms with Crippen LogP contribution in [0.5, 0.6) is 0 Å². The molecule has 0 unspecified atom stereocenters. The Kier molecular flexibility index (Phi) is 3.57. The number of nitrogens with one attached hydrogen (secondary N) is 1. The second kappa shape index (κ2) is 5.31. The zero-order valence-electron chi connectivity index (χ0n) is 9.88. The van der Waals surface area contributed by atoms with Gasteiger partial charge in [-0.25, -0.2) is 14.8 Å². The van der Waals surface area contributed by atoms with Gasteiger partial charge in [-0.3, -0.25) is 0 Å². The first-order chi connectivity index (χ1) is 8.66. The molecular weight excluding hydrogens is 234 g/mol. The molecule has 6 nitrogen and oxygen atoms in total. The molecule has 0 saturated carbocycles. The van der Waals surface area contributed by atoms with Crippen molar-refractivity contribution in [2.24, 2.45) is 0 Å². The number of furan rings is 1. The number of carbonyl (C=O) groups is 1. The fraction of sp³-hybridized carbons (Fsp3) is 0.250. The first-order valence-corrected chi connectivity index (χ1v) is 5.50. The van der Waals surface area contributed by atoms with Gasteiger partial charge in [0.15, 0.2) is 0 Å². The number of hydrogen-bond acceptors (Lipinski definition) is 5. The lowest BCUT2D eigenvalue weighted by Crippen LogP contribution is -2.12. The van der Waals surface area contributed by atoms with Crippen molar-refractivity contribution in [1.82, 2.24) is 9.97 Å². The van der Waals surface area contributed by atoms with Gasteiger partial charge in [0.05, 0.1) is 6.26 Å². The first kappa shape index (κ1) is 12.1. The normalized spacial score (nSPS) is 10.3. The molecular formula is C12H13N3O3. The predicted octanol–water partition coefficient (Wildman–Crippen LogP) is 1.73. The minimum absolute atomic E-state index is 0.0695. The molecule has 18 heavy (non-hydrogen) atoms. The van der Waals surface area contributed by atoms with Gasteiger partial charge in [-0.15, -0.1) is 0 Å². The highest BCUT2D eigenvalue weighted by molar-refractivity contribution is 5.92. The van der Waals surface area contributed by atoms with Crippen molar-refractivity contribution in [3.63, 3.8) is 0 Å². The number of carboxylic acid groups (broad SMARTS) is 1. The Morgan fingerprint density at radius 1 is 1.56 bits per heavy atom. The van der Waals surface area contributed by atoms with Crippen LogP contribution in [0.1, 0.15) is 21.9 Å². The van der Waals surface area contributed by atoms with Crippen LogP contribution in [0.4, 0.5) is 5.82 Å². The van der Waals surface area contributed by atoms with E-state index < -0.39 is 5.97 Å². The van der Waals surface area contributed by atoms with E-state index in [-0.39, 0.29) is 5.56 Å². The highest BCUT2D eigenvalue weighted by Gasteiger charge is 2.12. The Hall–Kier alpha value is -2.37. The molecule has 0 spiro atoms. The van der Waals surface area contributed by atoms with E-state index in [0.717, 1.165) is 5.76 Å². The minimum atomic E-state index is -1.05. The van der Waals surface area contributed by atoms with E-state index in [9.17, 15) is 4.79 Å². The van der Waals surface area contributed by atoms with E-state index in [4.69, 9.17) is 9.52 Å². The molecule has 2 N–H and O–H groups in total. The largest absolute Gasteiger partial charge is 0.477 e. The summed E-state index contributed by atoms with van der Waals surface area (Å²) in [7, 11) is 0. The van der Waals surface area contributed by atoms with E-state index in [1.807, 2.05) is 12.1 Å². The van der Waals surface area contributed by atoms with E-state index >= 15 is 0 Å². The maximum atomic E-state index is 11.0. The summed E-state index contributed by atoms with van der Waals surface area (Å²) < 4.78 is 5.18. The van der Waals surface area contributed by atoms with E-state index in [0.29, 0.717) is 24.6 Å². The molecule has 2 rings (SSSR count). The third kappa shape index (κ3) is 2.85. The summed E-state index contributed by atoms with van der Waals surface area (Å²) in [5, 5.41) is 12.0. The predicted molar refractivity (Wildman–Crippen MR) is 64.6 cm³/mol. The molecule has 0 aliphatic heterocycles. The van der Waals surface area contributed by atoms with Crippen molar-refractivity contribution >= 4 is 11.8 Å². The van der Waals surface area contributed by atoms with Gasteiger partial charge in [-0.05, 0) is 19.1 Å². The van der Waals surface area contributed by atoms with Gasteiger partial charge in [-0.1, -0.05) is 0 Å². The standard InChI is InChI=1S/C12H13N3O3/c1-8-14-7-10(12(16)17)11(15-8)13-5-4-9-3-2-6-18-9/h2-3,6-7H,4-5H2,1H3,(H,16,17)(H,13,14,15). The molecule has 0 bridgehead atoms. The number of anilines is 1. The van der Waals surface area contributed by atoms with Crippen molar-refractivity contribution < 1.29 is 14.3 Å². The van der Waals surface area contributed by atoms with E-state index in [2.05, 4.69) is 15.3 Å². The highest BCUT2D eigenvalue weighted by atomic mass is 16.4. The van der Waals surface area contributed by atoms with Gasteiger partial charge in [-0.2, -0.15) is 0 Å². The van der Waals surface area contributed by atoms with E-state index in [1.54, 1.807) is 13.2 Å². The summed E-state index contributed by atoms with van der Waals surface area (Å²) >= 11 is 0. The number of nitrogens with zero attached hydrogens (tertiary/aromatic N) is 2. The Morgan fingerprint density at radius 2 is 2.39 bits per heavy atom. The average Bonchev–Trinajstić information content (AvgIpc) is 2.82. The molecule has 0 aliphatic rings. The highest BCUT2D eigenvalue weighted by Crippen LogP contribution is 2.11. The molecule has 2 aromatic heterocycles. The topological polar surface area (TPSA) is 88.2 Å². The van der Waals surface area contributed by atoms with Gasteiger partial charge in [0, 0.05) is 19.2 Å². The first-order valence-electron chi connectivity index (χ1n) is 5.50. The van der Waals surface area contributed by atoms with Crippen molar-refractivity contribution in [3.8, 4) is 0 Å². The van der Waals surface area contributed by atoms with Crippen molar-refractivity contribution in [2.75, 3.05) is 11.9 Å². The van der Waals surface area contributed by atoms with Crippen LogP contribution in [0.25, 0.3) is 0 Å². The third-order valence-corrected chi connectivity index (χ3v) is 2.38. The van der Waals surface area contributed by atoms with Crippen LogP contribution in [0.3, 0.4) is 0 Å². The van der Waals surface area contributed by atoms with Crippen LogP contribution in [-0.2, 0) is 6.42 Å². The molecule has 0 saturated heterocycles. The van der Waals surface area contributed by atoms with Crippen LogP contribution >= 0.6 is 0 Å². The van der Waals surface area contributed by atoms with Gasteiger partial charge < -0.3 is 14.8 Å². The molecule has 0 aliphatic carbocycles. The smallest absolute Gasteiger partial charge is 0.341 e. The number of aromatic carboxylic acids is 1. The zero-order chi connectivity index (χ0) is 13.0. The molecule has 2 aromatic rings. The Labute approximate surface area is 104 Å². The monoisotopic (exact) mass is 247 g/mol. The quantitative estimate of drug-likeness (QED) is 0.836. The fourth-order valence-corrected chi connectivity index (χ4v) is 1.52. The minimum Gasteiger partial charge on any atom is -0.477 e. The molecule has 94 valence electrons. The van der Waals surface area contributed by atoms with E-state index in [1.165, 1.54) is 6.20 Å². The maximum absolute atomic E-state index is 11.0. The van der Waals surface area contributed by atoms with Gasteiger partial charge in [0.2, 0.25) is 0 Å². The molecule has 0 atom stereocenters. The third-order valence-electron chi connectivity index (χ3n) is 2.38. The Balaban J connectivity index is 2.03. The fourth-order valence-electron chi connectivity index (χ4n) is 1.52. The summed E-state index contributed by atoms with van der Waals surface area (Å²) in [4.78, 5) is 18.9. The summed E-state index contributed by atoms with van der Waals surface area (Å²) in [5.74, 6) is 0.655. The molecule has 2 heterocycles. The summed E-state index contributed by atoms with van der Waals surface area (Å²) in [6, 6.07) is 3.68. The Morgan fingerprint density at radius 3 is 3.06 bits per heavy atom. The van der Waals surface area contributed by atoms with Gasteiger partial charge in [0.1, 0.15) is 23.0 Å². The van der Waals surface area contributed by atoms with Crippen LogP contribution in [0.15, 0.2) is 29.0 Å². The lowest BCUT2D eigenvalue weighted by atomic mass is 10.3.